The molecule has 6 N–H and O–H groups in total. The maximum Gasteiger partial charge on any atom is 0.407 e. The van der Waals surface area contributed by atoms with Gasteiger partial charge in [0.15, 0.2) is 0 Å². The van der Waals surface area contributed by atoms with Crippen LogP contribution in [0.2, 0.25) is 0 Å². The Morgan fingerprint density at radius 1 is 1.27 bits per heavy atom. The highest BCUT2D eigenvalue weighted by Crippen LogP contribution is 2.21. The molecule has 0 aromatic heterocycles. The van der Waals surface area contributed by atoms with Gasteiger partial charge in [-0.05, 0) is 39.0 Å². The monoisotopic (exact) mass is 330 g/mol. The molecule has 0 atom stereocenters. The lowest BCUT2D eigenvalue weighted by molar-refractivity contribution is 0.0530. The van der Waals surface area contributed by atoms with Crippen LogP contribution in [0.15, 0.2) is 23.1 Å². The van der Waals surface area contributed by atoms with E-state index in [0.717, 1.165) is 0 Å². The quantitative estimate of drug-likeness (QED) is 0.467. The molecule has 124 valence electrons. The Bertz CT molecular complexity index is 638. The number of hydrogen-bond donors (Lipinski definition) is 4. The lowest BCUT2D eigenvalue weighted by atomic mass is 10.2. The van der Waals surface area contributed by atoms with Crippen LogP contribution >= 0.6 is 0 Å². The smallest absolute Gasteiger partial charge is 0.407 e. The molecule has 0 spiro atoms. The third-order valence-corrected chi connectivity index (χ3v) is 3.42. The number of benzene rings is 1. The molecule has 0 radical (unpaired) electrons. The second-order valence-electron chi connectivity index (χ2n) is 5.65. The SMILES string of the molecule is CC(C)(C)OC(=O)NCCNc1ccc(S(N)(=O)=O)c(N)c1. The number of nitrogens with two attached hydrogens (primary N) is 2. The summed E-state index contributed by atoms with van der Waals surface area (Å²) in [6.07, 6.45) is -0.501. The van der Waals surface area contributed by atoms with Gasteiger partial charge in [-0.2, -0.15) is 0 Å². The van der Waals surface area contributed by atoms with Gasteiger partial charge in [0.05, 0.1) is 5.69 Å². The normalized spacial score (nSPS) is 11.8. The van der Waals surface area contributed by atoms with Crippen LogP contribution in [0.3, 0.4) is 0 Å². The van der Waals surface area contributed by atoms with Crippen molar-refractivity contribution in [3.63, 3.8) is 0 Å². The molecule has 0 fully saturated rings. The zero-order valence-corrected chi connectivity index (χ0v) is 13.7. The molecule has 22 heavy (non-hydrogen) atoms. The van der Waals surface area contributed by atoms with Gasteiger partial charge in [0.2, 0.25) is 10.0 Å². The molecule has 1 aromatic carbocycles. The van der Waals surface area contributed by atoms with E-state index in [0.29, 0.717) is 18.8 Å². The molecule has 0 saturated carbocycles. The van der Waals surface area contributed by atoms with Crippen molar-refractivity contribution < 1.29 is 17.9 Å². The van der Waals surface area contributed by atoms with Crippen LogP contribution in [-0.4, -0.2) is 33.2 Å². The lowest BCUT2D eigenvalue weighted by Crippen LogP contribution is -2.35. The van der Waals surface area contributed by atoms with Gasteiger partial charge in [-0.1, -0.05) is 0 Å². The van der Waals surface area contributed by atoms with E-state index in [9.17, 15) is 13.2 Å². The van der Waals surface area contributed by atoms with Crippen molar-refractivity contribution in [1.29, 1.82) is 0 Å². The Kier molecular flexibility index (Phi) is 5.61. The van der Waals surface area contributed by atoms with E-state index in [-0.39, 0.29) is 10.6 Å². The fourth-order valence-electron chi connectivity index (χ4n) is 1.60. The molecule has 0 heterocycles. The van der Waals surface area contributed by atoms with E-state index in [1.165, 1.54) is 12.1 Å². The van der Waals surface area contributed by atoms with E-state index >= 15 is 0 Å². The molecule has 0 aliphatic carbocycles. The highest BCUT2D eigenvalue weighted by Gasteiger charge is 2.15. The number of nitrogens with one attached hydrogen (secondary N) is 2. The standard InChI is InChI=1S/C13H22N4O4S/c1-13(2,3)21-12(18)17-7-6-16-9-4-5-11(10(14)8-9)22(15,19)20/h4-5,8,16H,6-7,14H2,1-3H3,(H,17,18)(H2,15,19,20). The second kappa shape index (κ2) is 6.84. The molecule has 1 aromatic rings. The van der Waals surface area contributed by atoms with E-state index in [4.69, 9.17) is 15.6 Å². The van der Waals surface area contributed by atoms with Crippen LogP contribution in [-0.2, 0) is 14.8 Å². The van der Waals surface area contributed by atoms with Gasteiger partial charge in [0.25, 0.3) is 0 Å². The van der Waals surface area contributed by atoms with Crippen LogP contribution in [0.4, 0.5) is 16.2 Å². The zero-order valence-electron chi connectivity index (χ0n) is 12.8. The summed E-state index contributed by atoms with van der Waals surface area (Å²) < 4.78 is 27.5. The Labute approximate surface area is 130 Å². The molecule has 0 aliphatic heterocycles. The van der Waals surface area contributed by atoms with Crippen molar-refractivity contribution in [2.45, 2.75) is 31.3 Å². The number of alkyl carbamates (subject to hydrolysis) is 1. The predicted molar refractivity (Wildman–Crippen MR) is 85.0 cm³/mol. The number of carbonyl (C=O) groups is 1. The highest BCUT2D eigenvalue weighted by molar-refractivity contribution is 7.89. The second-order valence-corrected chi connectivity index (χ2v) is 7.18. The number of rotatable bonds is 5. The Morgan fingerprint density at radius 3 is 2.41 bits per heavy atom. The number of carbonyl (C=O) groups excluding carboxylic acids is 1. The molecule has 0 bridgehead atoms. The van der Waals surface area contributed by atoms with Crippen LogP contribution in [0.5, 0.6) is 0 Å². The minimum absolute atomic E-state index is 0.0626. The molecule has 9 heteroatoms. The molecular weight excluding hydrogens is 308 g/mol. The molecule has 1 amide bonds. The Balaban J connectivity index is 2.47. The largest absolute Gasteiger partial charge is 0.444 e. The van der Waals surface area contributed by atoms with Gasteiger partial charge in [0.1, 0.15) is 10.5 Å². The maximum atomic E-state index is 11.4. The minimum atomic E-state index is -3.83. The molecule has 0 unspecified atom stereocenters. The number of sulfonamides is 1. The topological polar surface area (TPSA) is 137 Å². The summed E-state index contributed by atoms with van der Waals surface area (Å²) in [6.45, 7) is 6.10. The molecule has 0 saturated heterocycles. The van der Waals surface area contributed by atoms with E-state index < -0.39 is 21.7 Å². The van der Waals surface area contributed by atoms with Gasteiger partial charge in [-0.3, -0.25) is 0 Å². The summed E-state index contributed by atoms with van der Waals surface area (Å²) in [4.78, 5) is 11.3. The predicted octanol–water partition coefficient (Wildman–Crippen LogP) is 0.853. The third-order valence-electron chi connectivity index (χ3n) is 2.44. The van der Waals surface area contributed by atoms with E-state index in [1.807, 2.05) is 0 Å². The average molecular weight is 330 g/mol. The Hall–Kier alpha value is -2.00. The number of nitrogen functional groups attached to an aromatic ring is 1. The van der Waals surface area contributed by atoms with Gasteiger partial charge < -0.3 is 21.1 Å². The van der Waals surface area contributed by atoms with Gasteiger partial charge in [0, 0.05) is 18.8 Å². The summed E-state index contributed by atoms with van der Waals surface area (Å²) in [6, 6.07) is 4.34. The summed E-state index contributed by atoms with van der Waals surface area (Å²) in [5.74, 6) is 0. The number of anilines is 2. The highest BCUT2D eigenvalue weighted by atomic mass is 32.2. The van der Waals surface area contributed by atoms with Crippen molar-refractivity contribution in [2.24, 2.45) is 5.14 Å². The van der Waals surface area contributed by atoms with E-state index in [2.05, 4.69) is 10.6 Å². The van der Waals surface area contributed by atoms with Gasteiger partial charge in [-0.25, -0.2) is 18.4 Å². The first kappa shape index (κ1) is 18.1. The average Bonchev–Trinajstić information content (AvgIpc) is 2.31. The van der Waals surface area contributed by atoms with Crippen LogP contribution in [0, 0.1) is 0 Å². The molecule has 0 aliphatic rings. The van der Waals surface area contributed by atoms with Crippen LogP contribution in [0.25, 0.3) is 0 Å². The molecular formula is C13H22N4O4S. The number of amides is 1. The minimum Gasteiger partial charge on any atom is -0.444 e. The summed E-state index contributed by atoms with van der Waals surface area (Å²) >= 11 is 0. The molecule has 1 rings (SSSR count). The fraction of sp³-hybridized carbons (Fsp3) is 0.462. The third kappa shape index (κ3) is 6.19. The number of hydrogen-bond acceptors (Lipinski definition) is 6. The number of ether oxygens (including phenoxy) is 1. The summed E-state index contributed by atoms with van der Waals surface area (Å²) in [7, 11) is -3.83. The van der Waals surface area contributed by atoms with Crippen LogP contribution in [0.1, 0.15) is 20.8 Å². The summed E-state index contributed by atoms with van der Waals surface area (Å²) in [5.41, 5.74) is 5.78. The first-order valence-electron chi connectivity index (χ1n) is 6.62. The van der Waals surface area contributed by atoms with Gasteiger partial charge >= 0.3 is 6.09 Å². The maximum absolute atomic E-state index is 11.4. The fourth-order valence-corrected chi connectivity index (χ4v) is 2.25. The van der Waals surface area contributed by atoms with Crippen LogP contribution < -0.4 is 21.5 Å². The van der Waals surface area contributed by atoms with Crippen molar-refractivity contribution in [3.8, 4) is 0 Å². The lowest BCUT2D eigenvalue weighted by Gasteiger charge is -2.19. The molecule has 8 nitrogen and oxygen atoms in total. The van der Waals surface area contributed by atoms with Gasteiger partial charge in [-0.15, -0.1) is 0 Å². The number of primary sulfonamides is 1. The summed E-state index contributed by atoms with van der Waals surface area (Å²) in [5, 5.41) is 10.6. The van der Waals surface area contributed by atoms with Crippen molar-refractivity contribution >= 4 is 27.5 Å². The van der Waals surface area contributed by atoms with Crippen molar-refractivity contribution in [2.75, 3.05) is 24.1 Å². The first-order chi connectivity index (χ1) is 9.99. The van der Waals surface area contributed by atoms with Crippen molar-refractivity contribution in [1.82, 2.24) is 5.32 Å². The van der Waals surface area contributed by atoms with E-state index in [1.54, 1.807) is 26.8 Å². The van der Waals surface area contributed by atoms with Crippen molar-refractivity contribution in [3.05, 3.63) is 18.2 Å². The Morgan fingerprint density at radius 2 is 1.91 bits per heavy atom. The zero-order chi connectivity index (χ0) is 17.0. The first-order valence-corrected chi connectivity index (χ1v) is 8.17.